The molecule has 0 bridgehead atoms. The predicted octanol–water partition coefficient (Wildman–Crippen LogP) is 0.888. The van der Waals surface area contributed by atoms with Gasteiger partial charge in [0.25, 0.3) is 0 Å². The Bertz CT molecular complexity index is 217. The lowest BCUT2D eigenvalue weighted by atomic mass is 10.6. The van der Waals surface area contributed by atoms with E-state index < -0.39 is 12.2 Å². The number of aromatic nitrogens is 2. The summed E-state index contributed by atoms with van der Waals surface area (Å²) in [5.74, 6) is -0.587. The van der Waals surface area contributed by atoms with Crippen molar-refractivity contribution in [1.82, 2.24) is 10.1 Å². The minimum absolute atomic E-state index is 0. The number of hydrogen-bond donors (Lipinski definition) is 1. The average molecular weight is 186 g/mol. The van der Waals surface area contributed by atoms with Gasteiger partial charge in [0, 0.05) is 0 Å². The molecule has 0 aromatic carbocycles. The van der Waals surface area contributed by atoms with Crippen molar-refractivity contribution < 1.29 is 13.3 Å². The fourth-order valence-electron chi connectivity index (χ4n) is 0.440. The number of halogens is 3. The van der Waals surface area contributed by atoms with Gasteiger partial charge in [0.05, 0.1) is 6.54 Å². The number of rotatable bonds is 2. The Morgan fingerprint density at radius 1 is 1.55 bits per heavy atom. The zero-order valence-corrected chi connectivity index (χ0v) is 6.15. The summed E-state index contributed by atoms with van der Waals surface area (Å²) in [5, 5.41) is 2.97. The van der Waals surface area contributed by atoms with Crippen LogP contribution < -0.4 is 5.73 Å². The minimum Gasteiger partial charge on any atom is -0.338 e. The normalized spacial score (nSPS) is 9.82. The molecule has 0 amide bonds. The molecule has 1 aromatic heterocycles. The highest BCUT2D eigenvalue weighted by atomic mass is 35.5. The first-order valence-electron chi connectivity index (χ1n) is 2.54. The van der Waals surface area contributed by atoms with E-state index in [0.29, 0.717) is 0 Å². The number of nitrogens with zero attached hydrogens (tertiary/aromatic N) is 2. The highest BCUT2D eigenvalue weighted by Crippen LogP contribution is 2.13. The van der Waals surface area contributed by atoms with Crippen molar-refractivity contribution >= 4 is 12.4 Å². The van der Waals surface area contributed by atoms with Crippen LogP contribution in [0.2, 0.25) is 0 Å². The van der Waals surface area contributed by atoms with Gasteiger partial charge >= 0.3 is 6.43 Å². The molecule has 0 radical (unpaired) electrons. The first kappa shape index (κ1) is 10.2. The van der Waals surface area contributed by atoms with Crippen LogP contribution in [0.3, 0.4) is 0 Å². The lowest BCUT2D eigenvalue weighted by Crippen LogP contribution is -1.96. The monoisotopic (exact) mass is 185 g/mol. The van der Waals surface area contributed by atoms with E-state index in [-0.39, 0.29) is 24.8 Å². The van der Waals surface area contributed by atoms with E-state index in [9.17, 15) is 8.78 Å². The summed E-state index contributed by atoms with van der Waals surface area (Å²) in [6.07, 6.45) is -2.69. The number of nitrogens with two attached hydrogens (primary N) is 1. The van der Waals surface area contributed by atoms with Gasteiger partial charge in [-0.3, -0.25) is 0 Å². The van der Waals surface area contributed by atoms with Gasteiger partial charge in [0.1, 0.15) is 0 Å². The van der Waals surface area contributed by atoms with Crippen LogP contribution in [-0.2, 0) is 6.54 Å². The van der Waals surface area contributed by atoms with E-state index in [0.717, 1.165) is 0 Å². The Labute approximate surface area is 67.2 Å². The molecular formula is C4H6ClF2N3O. The van der Waals surface area contributed by atoms with Crippen molar-refractivity contribution in [3.05, 3.63) is 11.7 Å². The molecule has 0 spiro atoms. The molecule has 7 heteroatoms. The molecule has 4 nitrogen and oxygen atoms in total. The summed E-state index contributed by atoms with van der Waals surface area (Å²) >= 11 is 0. The third kappa shape index (κ3) is 2.39. The van der Waals surface area contributed by atoms with Gasteiger partial charge in [-0.25, -0.2) is 8.78 Å². The summed E-state index contributed by atoms with van der Waals surface area (Å²) < 4.78 is 27.7. The molecule has 64 valence electrons. The maximum atomic E-state index is 11.7. The highest BCUT2D eigenvalue weighted by molar-refractivity contribution is 5.85. The molecule has 0 fully saturated rings. The SMILES string of the molecule is Cl.NCc1nc(C(F)F)no1. The van der Waals surface area contributed by atoms with E-state index in [4.69, 9.17) is 5.73 Å². The molecule has 0 atom stereocenters. The van der Waals surface area contributed by atoms with Gasteiger partial charge in [0.15, 0.2) is 0 Å². The standard InChI is InChI=1S/C4H5F2N3O.ClH/c5-3(6)4-8-2(1-7)10-9-4;/h3H,1,7H2;1H. The van der Waals surface area contributed by atoms with E-state index in [2.05, 4.69) is 14.7 Å². The fraction of sp³-hybridized carbons (Fsp3) is 0.500. The summed E-state index contributed by atoms with van der Waals surface area (Å²) in [4.78, 5) is 3.28. The van der Waals surface area contributed by atoms with Gasteiger partial charge in [-0.15, -0.1) is 12.4 Å². The Morgan fingerprint density at radius 2 is 2.18 bits per heavy atom. The Kier molecular flexibility index (Phi) is 3.91. The maximum absolute atomic E-state index is 11.7. The quantitative estimate of drug-likeness (QED) is 0.743. The molecule has 0 aliphatic carbocycles. The smallest absolute Gasteiger partial charge is 0.300 e. The molecule has 1 heterocycles. The first-order chi connectivity index (χ1) is 4.74. The van der Waals surface area contributed by atoms with Crippen molar-refractivity contribution in [3.8, 4) is 0 Å². The van der Waals surface area contributed by atoms with Gasteiger partial charge in [-0.05, 0) is 0 Å². The van der Waals surface area contributed by atoms with Gasteiger partial charge in [-0.1, -0.05) is 5.16 Å². The summed E-state index contributed by atoms with van der Waals surface area (Å²) in [6.45, 7) is -0.0142. The predicted molar refractivity (Wildman–Crippen MR) is 34.4 cm³/mol. The van der Waals surface area contributed by atoms with Crippen LogP contribution >= 0.6 is 12.4 Å². The van der Waals surface area contributed by atoms with Crippen molar-refractivity contribution in [2.45, 2.75) is 13.0 Å². The van der Waals surface area contributed by atoms with Crippen molar-refractivity contribution in [3.63, 3.8) is 0 Å². The topological polar surface area (TPSA) is 64.9 Å². The van der Waals surface area contributed by atoms with Crippen molar-refractivity contribution in [2.75, 3.05) is 0 Å². The Hall–Kier alpha value is -0.750. The molecule has 1 aromatic rings. The second-order valence-electron chi connectivity index (χ2n) is 1.55. The molecule has 0 saturated carbocycles. The molecule has 11 heavy (non-hydrogen) atoms. The lowest BCUT2D eigenvalue weighted by molar-refractivity contribution is 0.136. The zero-order valence-electron chi connectivity index (χ0n) is 5.33. The Morgan fingerprint density at radius 3 is 2.45 bits per heavy atom. The van der Waals surface area contributed by atoms with E-state index in [1.807, 2.05) is 0 Å². The second-order valence-corrected chi connectivity index (χ2v) is 1.55. The van der Waals surface area contributed by atoms with Crippen LogP contribution in [-0.4, -0.2) is 10.1 Å². The van der Waals surface area contributed by atoms with Crippen LogP contribution in [0.5, 0.6) is 0 Å². The van der Waals surface area contributed by atoms with Crippen LogP contribution in [0.25, 0.3) is 0 Å². The lowest BCUT2D eigenvalue weighted by Gasteiger charge is -1.83. The largest absolute Gasteiger partial charge is 0.338 e. The maximum Gasteiger partial charge on any atom is 0.300 e. The molecule has 0 unspecified atom stereocenters. The van der Waals surface area contributed by atoms with Gasteiger partial charge in [-0.2, -0.15) is 4.98 Å². The second kappa shape index (κ2) is 4.20. The third-order valence-electron chi connectivity index (χ3n) is 0.854. The average Bonchev–Trinajstić information content (AvgIpc) is 2.34. The fourth-order valence-corrected chi connectivity index (χ4v) is 0.440. The van der Waals surface area contributed by atoms with Gasteiger partial charge in [0.2, 0.25) is 11.7 Å². The van der Waals surface area contributed by atoms with Gasteiger partial charge < -0.3 is 10.3 Å². The Balaban J connectivity index is 0.000001000. The van der Waals surface area contributed by atoms with Crippen molar-refractivity contribution in [1.29, 1.82) is 0 Å². The third-order valence-corrected chi connectivity index (χ3v) is 0.854. The summed E-state index contributed by atoms with van der Waals surface area (Å²) in [6, 6.07) is 0. The summed E-state index contributed by atoms with van der Waals surface area (Å²) in [7, 11) is 0. The molecular weight excluding hydrogens is 180 g/mol. The first-order valence-corrected chi connectivity index (χ1v) is 2.54. The minimum atomic E-state index is -2.69. The summed E-state index contributed by atoms with van der Waals surface area (Å²) in [5.41, 5.74) is 5.02. The van der Waals surface area contributed by atoms with Crippen LogP contribution in [0.4, 0.5) is 8.78 Å². The van der Waals surface area contributed by atoms with Crippen LogP contribution in [0.15, 0.2) is 4.52 Å². The molecule has 0 saturated heterocycles. The zero-order chi connectivity index (χ0) is 7.56. The van der Waals surface area contributed by atoms with Crippen LogP contribution in [0.1, 0.15) is 18.1 Å². The van der Waals surface area contributed by atoms with E-state index in [1.54, 1.807) is 0 Å². The molecule has 2 N–H and O–H groups in total. The number of hydrogen-bond acceptors (Lipinski definition) is 4. The van der Waals surface area contributed by atoms with Crippen molar-refractivity contribution in [2.24, 2.45) is 5.73 Å². The molecule has 0 aliphatic heterocycles. The van der Waals surface area contributed by atoms with Crippen LogP contribution in [0, 0.1) is 0 Å². The number of alkyl halides is 2. The van der Waals surface area contributed by atoms with E-state index >= 15 is 0 Å². The van der Waals surface area contributed by atoms with E-state index in [1.165, 1.54) is 0 Å². The molecule has 0 aliphatic rings. The molecule has 1 rings (SSSR count). The highest BCUT2D eigenvalue weighted by Gasteiger charge is 2.14.